The van der Waals surface area contributed by atoms with Gasteiger partial charge in [-0.3, -0.25) is 0 Å². The smallest absolute Gasteiger partial charge is 0.0321 e. The van der Waals surface area contributed by atoms with Crippen LogP contribution in [0.5, 0.6) is 0 Å². The normalized spacial score (nSPS) is 20.4. The highest BCUT2D eigenvalue weighted by molar-refractivity contribution is 4.96. The number of hydrogen-bond acceptors (Lipinski definition) is 0. The van der Waals surface area contributed by atoms with Crippen molar-refractivity contribution in [1.82, 2.24) is 0 Å². The summed E-state index contributed by atoms with van der Waals surface area (Å²) in [5.74, 6) is 1.10. The lowest BCUT2D eigenvalue weighted by Gasteiger charge is -1.96. The lowest BCUT2D eigenvalue weighted by molar-refractivity contribution is 0.721. The first-order valence-corrected chi connectivity index (χ1v) is 3.94. The molecule has 1 fully saturated rings. The molecule has 9 heavy (non-hydrogen) atoms. The van der Waals surface area contributed by atoms with E-state index in [1.54, 1.807) is 5.57 Å². The summed E-state index contributed by atoms with van der Waals surface area (Å²) >= 11 is 0. The lowest BCUT2D eigenvalue weighted by atomic mass is 10.1. The minimum Gasteiger partial charge on any atom is -0.0887 e. The molecule has 52 valence electrons. The Hall–Kier alpha value is -0.260. The van der Waals surface area contributed by atoms with Crippen LogP contribution in [0, 0.1) is 5.92 Å². The Labute approximate surface area is 58.0 Å². The van der Waals surface area contributed by atoms with Crippen LogP contribution in [0.2, 0.25) is 0 Å². The molecule has 1 rings (SSSR count). The minimum atomic E-state index is 1.10. The van der Waals surface area contributed by atoms with Crippen LogP contribution < -0.4 is 0 Å². The highest BCUT2D eigenvalue weighted by Gasteiger charge is 2.19. The average Bonchev–Trinajstić information content (AvgIpc) is 2.65. The van der Waals surface area contributed by atoms with Crippen LogP contribution in [0.25, 0.3) is 0 Å². The van der Waals surface area contributed by atoms with Crippen molar-refractivity contribution in [3.05, 3.63) is 11.6 Å². The summed E-state index contributed by atoms with van der Waals surface area (Å²) in [6.45, 7) is 4.35. The zero-order chi connectivity index (χ0) is 6.69. The Bertz CT molecular complexity index is 107. The first-order valence-electron chi connectivity index (χ1n) is 3.94. The molecule has 0 aromatic heterocycles. The van der Waals surface area contributed by atoms with E-state index in [9.17, 15) is 0 Å². The van der Waals surface area contributed by atoms with Gasteiger partial charge in [-0.15, -0.1) is 0 Å². The highest BCUT2D eigenvalue weighted by Crippen LogP contribution is 2.34. The Kier molecular flexibility index (Phi) is 2.32. The molecule has 0 nitrogen and oxygen atoms in total. The quantitative estimate of drug-likeness (QED) is 0.507. The van der Waals surface area contributed by atoms with Crippen molar-refractivity contribution in [3.63, 3.8) is 0 Å². The maximum Gasteiger partial charge on any atom is -0.0321 e. The van der Waals surface area contributed by atoms with Crippen molar-refractivity contribution in [1.29, 1.82) is 0 Å². The Morgan fingerprint density at radius 2 is 2.22 bits per heavy atom. The second kappa shape index (κ2) is 3.05. The van der Waals surface area contributed by atoms with Crippen molar-refractivity contribution in [2.45, 2.75) is 39.5 Å². The summed E-state index contributed by atoms with van der Waals surface area (Å²) in [4.78, 5) is 0. The summed E-state index contributed by atoms with van der Waals surface area (Å²) in [7, 11) is 0. The molecular weight excluding hydrogens is 108 g/mol. The molecule has 0 spiro atoms. The van der Waals surface area contributed by atoms with Crippen LogP contribution >= 0.6 is 0 Å². The molecule has 0 radical (unpaired) electrons. The summed E-state index contributed by atoms with van der Waals surface area (Å²) in [6.07, 6.45) is 7.99. The highest BCUT2D eigenvalue weighted by atomic mass is 14.3. The van der Waals surface area contributed by atoms with Crippen LogP contribution in [0.4, 0.5) is 0 Å². The van der Waals surface area contributed by atoms with Crippen molar-refractivity contribution in [2.75, 3.05) is 0 Å². The van der Waals surface area contributed by atoms with Gasteiger partial charge in [-0.1, -0.05) is 24.5 Å². The second-order valence-corrected chi connectivity index (χ2v) is 3.12. The minimum absolute atomic E-state index is 1.10. The van der Waals surface area contributed by atoms with Crippen LogP contribution in [-0.2, 0) is 0 Å². The van der Waals surface area contributed by atoms with Gasteiger partial charge in [0.1, 0.15) is 0 Å². The van der Waals surface area contributed by atoms with Gasteiger partial charge in [0.05, 0.1) is 0 Å². The summed E-state index contributed by atoms with van der Waals surface area (Å²) < 4.78 is 0. The topological polar surface area (TPSA) is 0 Å². The third-order valence-electron chi connectivity index (χ3n) is 2.14. The lowest BCUT2D eigenvalue weighted by Crippen LogP contribution is -1.78. The van der Waals surface area contributed by atoms with Gasteiger partial charge in [-0.2, -0.15) is 0 Å². The van der Waals surface area contributed by atoms with E-state index < -0.39 is 0 Å². The maximum atomic E-state index is 2.22. The molecule has 0 aromatic rings. The van der Waals surface area contributed by atoms with E-state index in [0.29, 0.717) is 0 Å². The van der Waals surface area contributed by atoms with Crippen molar-refractivity contribution in [3.8, 4) is 0 Å². The SMILES string of the molecule is CC=C(C)CCC1CC1. The van der Waals surface area contributed by atoms with E-state index in [4.69, 9.17) is 0 Å². The van der Waals surface area contributed by atoms with E-state index in [0.717, 1.165) is 5.92 Å². The molecule has 0 bridgehead atoms. The predicted octanol–water partition coefficient (Wildman–Crippen LogP) is 3.14. The fourth-order valence-electron chi connectivity index (χ4n) is 0.983. The standard InChI is InChI=1S/C9H16/c1-3-8(2)4-5-9-6-7-9/h3,9H,4-7H2,1-2H3. The van der Waals surface area contributed by atoms with Gasteiger partial charge in [0.15, 0.2) is 0 Å². The van der Waals surface area contributed by atoms with Gasteiger partial charge in [-0.25, -0.2) is 0 Å². The summed E-state index contributed by atoms with van der Waals surface area (Å²) in [5.41, 5.74) is 1.56. The Morgan fingerprint density at radius 3 is 2.67 bits per heavy atom. The third-order valence-corrected chi connectivity index (χ3v) is 2.14. The molecular formula is C9H16. The van der Waals surface area contributed by atoms with Gasteiger partial charge >= 0.3 is 0 Å². The van der Waals surface area contributed by atoms with E-state index >= 15 is 0 Å². The zero-order valence-electron chi connectivity index (χ0n) is 6.48. The van der Waals surface area contributed by atoms with Crippen LogP contribution in [0.3, 0.4) is 0 Å². The zero-order valence-corrected chi connectivity index (χ0v) is 6.48. The monoisotopic (exact) mass is 124 g/mol. The van der Waals surface area contributed by atoms with Gasteiger partial charge in [0.2, 0.25) is 0 Å². The molecule has 1 aliphatic rings. The van der Waals surface area contributed by atoms with E-state index in [1.165, 1.54) is 25.7 Å². The molecule has 0 amide bonds. The first-order chi connectivity index (χ1) is 4.33. The third kappa shape index (κ3) is 2.69. The van der Waals surface area contributed by atoms with E-state index in [1.807, 2.05) is 0 Å². The fraction of sp³-hybridized carbons (Fsp3) is 0.778. The van der Waals surface area contributed by atoms with E-state index in [-0.39, 0.29) is 0 Å². The van der Waals surface area contributed by atoms with Gasteiger partial charge < -0.3 is 0 Å². The number of allylic oxidation sites excluding steroid dienone is 2. The van der Waals surface area contributed by atoms with Crippen LogP contribution in [0.1, 0.15) is 39.5 Å². The average molecular weight is 124 g/mol. The molecule has 0 N–H and O–H groups in total. The maximum absolute atomic E-state index is 2.22. The molecule has 0 aromatic carbocycles. The molecule has 0 atom stereocenters. The molecule has 1 saturated carbocycles. The summed E-state index contributed by atoms with van der Waals surface area (Å²) in [6, 6.07) is 0. The Morgan fingerprint density at radius 1 is 1.56 bits per heavy atom. The molecule has 0 aliphatic heterocycles. The van der Waals surface area contributed by atoms with Gasteiger partial charge in [0.25, 0.3) is 0 Å². The Balaban J connectivity index is 2.03. The van der Waals surface area contributed by atoms with Crippen LogP contribution in [-0.4, -0.2) is 0 Å². The second-order valence-electron chi connectivity index (χ2n) is 3.12. The largest absolute Gasteiger partial charge is 0.0887 e. The predicted molar refractivity (Wildman–Crippen MR) is 41.4 cm³/mol. The van der Waals surface area contributed by atoms with Crippen LogP contribution in [0.15, 0.2) is 11.6 Å². The fourth-order valence-corrected chi connectivity index (χ4v) is 0.983. The van der Waals surface area contributed by atoms with Gasteiger partial charge in [-0.05, 0) is 32.6 Å². The molecule has 1 aliphatic carbocycles. The molecule has 0 saturated heterocycles. The first kappa shape index (κ1) is 6.85. The molecule has 0 heterocycles. The molecule has 0 unspecified atom stereocenters. The van der Waals surface area contributed by atoms with Gasteiger partial charge in [0, 0.05) is 0 Å². The number of rotatable bonds is 3. The van der Waals surface area contributed by atoms with E-state index in [2.05, 4.69) is 19.9 Å². The van der Waals surface area contributed by atoms with Crippen molar-refractivity contribution < 1.29 is 0 Å². The number of hydrogen-bond donors (Lipinski definition) is 0. The summed E-state index contributed by atoms with van der Waals surface area (Å²) in [5, 5.41) is 0. The van der Waals surface area contributed by atoms with Crippen molar-refractivity contribution >= 4 is 0 Å². The van der Waals surface area contributed by atoms with Crippen molar-refractivity contribution in [2.24, 2.45) is 5.92 Å². The molecule has 0 heteroatoms.